The standard InChI is InChI=1S/C11H15ClFNO/c1-11(2,14)6-7-8(12)4-5-9(15-3)10(7)13/h4-5H,6,14H2,1-3H3. The van der Waals surface area contributed by atoms with Gasteiger partial charge in [-0.2, -0.15) is 0 Å². The second kappa shape index (κ2) is 4.37. The van der Waals surface area contributed by atoms with Gasteiger partial charge in [-0.25, -0.2) is 4.39 Å². The maximum absolute atomic E-state index is 13.8. The average Bonchev–Trinajstić information content (AvgIpc) is 2.11. The van der Waals surface area contributed by atoms with Crippen LogP contribution in [0.3, 0.4) is 0 Å². The van der Waals surface area contributed by atoms with Gasteiger partial charge in [0.1, 0.15) is 0 Å². The Bertz CT molecular complexity index is 360. The van der Waals surface area contributed by atoms with Gasteiger partial charge in [-0.3, -0.25) is 0 Å². The molecule has 1 rings (SSSR count). The van der Waals surface area contributed by atoms with Gasteiger partial charge in [0.15, 0.2) is 11.6 Å². The fourth-order valence-electron chi connectivity index (χ4n) is 1.35. The fraction of sp³-hybridized carbons (Fsp3) is 0.455. The van der Waals surface area contributed by atoms with Gasteiger partial charge in [-0.05, 0) is 32.4 Å². The van der Waals surface area contributed by atoms with Crippen LogP contribution in [0.2, 0.25) is 5.02 Å². The van der Waals surface area contributed by atoms with Crippen molar-refractivity contribution in [2.75, 3.05) is 7.11 Å². The SMILES string of the molecule is COc1ccc(Cl)c(CC(C)(C)N)c1F. The molecule has 0 saturated carbocycles. The van der Waals surface area contributed by atoms with Gasteiger partial charge in [0.2, 0.25) is 0 Å². The van der Waals surface area contributed by atoms with Crippen LogP contribution >= 0.6 is 11.6 Å². The first-order chi connectivity index (χ1) is 6.85. The number of hydrogen-bond donors (Lipinski definition) is 1. The van der Waals surface area contributed by atoms with E-state index in [1.807, 2.05) is 13.8 Å². The number of methoxy groups -OCH3 is 1. The first-order valence-electron chi connectivity index (χ1n) is 4.65. The summed E-state index contributed by atoms with van der Waals surface area (Å²) in [6.07, 6.45) is 0.370. The molecule has 0 atom stereocenters. The van der Waals surface area contributed by atoms with Crippen molar-refractivity contribution in [1.82, 2.24) is 0 Å². The molecule has 0 bridgehead atoms. The predicted octanol–water partition coefficient (Wildman–Crippen LogP) is 2.77. The zero-order valence-electron chi connectivity index (χ0n) is 9.10. The molecule has 0 aromatic heterocycles. The van der Waals surface area contributed by atoms with E-state index in [0.29, 0.717) is 17.0 Å². The molecule has 15 heavy (non-hydrogen) atoms. The van der Waals surface area contributed by atoms with E-state index in [4.69, 9.17) is 22.1 Å². The summed E-state index contributed by atoms with van der Waals surface area (Å²) in [5.74, 6) is -0.234. The van der Waals surface area contributed by atoms with E-state index >= 15 is 0 Å². The Kier molecular flexibility index (Phi) is 3.58. The van der Waals surface area contributed by atoms with Crippen molar-refractivity contribution >= 4 is 11.6 Å². The van der Waals surface area contributed by atoms with E-state index in [1.165, 1.54) is 13.2 Å². The monoisotopic (exact) mass is 231 g/mol. The minimum atomic E-state index is -0.503. The Morgan fingerprint density at radius 3 is 2.53 bits per heavy atom. The summed E-state index contributed by atoms with van der Waals surface area (Å²) in [5, 5.41) is 0.381. The molecule has 0 radical (unpaired) electrons. The lowest BCUT2D eigenvalue weighted by Gasteiger charge is -2.20. The molecule has 0 aliphatic heterocycles. The van der Waals surface area contributed by atoms with E-state index in [0.717, 1.165) is 0 Å². The van der Waals surface area contributed by atoms with E-state index in [2.05, 4.69) is 0 Å². The molecular weight excluding hydrogens is 217 g/mol. The van der Waals surface area contributed by atoms with Crippen LogP contribution < -0.4 is 10.5 Å². The minimum absolute atomic E-state index is 0.193. The largest absolute Gasteiger partial charge is 0.494 e. The maximum atomic E-state index is 13.8. The first kappa shape index (κ1) is 12.3. The number of rotatable bonds is 3. The van der Waals surface area contributed by atoms with Crippen LogP contribution in [-0.2, 0) is 6.42 Å². The molecule has 0 amide bonds. The van der Waals surface area contributed by atoms with E-state index in [1.54, 1.807) is 6.07 Å². The molecule has 4 heteroatoms. The minimum Gasteiger partial charge on any atom is -0.494 e. The summed E-state index contributed by atoms with van der Waals surface area (Å²) in [4.78, 5) is 0. The summed E-state index contributed by atoms with van der Waals surface area (Å²) >= 11 is 5.91. The Morgan fingerprint density at radius 2 is 2.07 bits per heavy atom. The number of benzene rings is 1. The Balaban J connectivity index is 3.15. The van der Waals surface area contributed by atoms with Crippen molar-refractivity contribution in [2.45, 2.75) is 25.8 Å². The van der Waals surface area contributed by atoms with Crippen molar-refractivity contribution in [3.63, 3.8) is 0 Å². The van der Waals surface area contributed by atoms with Gasteiger partial charge in [0.05, 0.1) is 7.11 Å². The zero-order valence-corrected chi connectivity index (χ0v) is 9.86. The zero-order chi connectivity index (χ0) is 11.6. The topological polar surface area (TPSA) is 35.2 Å². The highest BCUT2D eigenvalue weighted by Gasteiger charge is 2.19. The van der Waals surface area contributed by atoms with Crippen LogP contribution in [-0.4, -0.2) is 12.6 Å². The molecule has 0 saturated heterocycles. The lowest BCUT2D eigenvalue weighted by molar-refractivity contribution is 0.381. The van der Waals surface area contributed by atoms with Gasteiger partial charge >= 0.3 is 0 Å². The Labute approximate surface area is 94.2 Å². The van der Waals surface area contributed by atoms with Gasteiger partial charge < -0.3 is 10.5 Å². The van der Waals surface area contributed by atoms with Crippen molar-refractivity contribution in [3.05, 3.63) is 28.5 Å². The molecule has 2 nitrogen and oxygen atoms in total. The van der Waals surface area contributed by atoms with Crippen molar-refractivity contribution < 1.29 is 9.13 Å². The summed E-state index contributed by atoms with van der Waals surface area (Å²) < 4.78 is 18.7. The number of nitrogens with two attached hydrogens (primary N) is 1. The molecule has 0 spiro atoms. The summed E-state index contributed by atoms with van der Waals surface area (Å²) in [7, 11) is 1.42. The van der Waals surface area contributed by atoms with Gasteiger partial charge in [0, 0.05) is 16.1 Å². The summed E-state index contributed by atoms with van der Waals surface area (Å²) in [5.41, 5.74) is 5.73. The lowest BCUT2D eigenvalue weighted by Crippen LogP contribution is -2.34. The Hall–Kier alpha value is -0.800. The third kappa shape index (κ3) is 3.08. The van der Waals surface area contributed by atoms with E-state index in [-0.39, 0.29) is 5.75 Å². The highest BCUT2D eigenvalue weighted by atomic mass is 35.5. The van der Waals surface area contributed by atoms with E-state index in [9.17, 15) is 4.39 Å². The highest BCUT2D eigenvalue weighted by molar-refractivity contribution is 6.31. The Morgan fingerprint density at radius 1 is 1.47 bits per heavy atom. The second-order valence-corrected chi connectivity index (χ2v) is 4.61. The lowest BCUT2D eigenvalue weighted by atomic mass is 9.95. The predicted molar refractivity (Wildman–Crippen MR) is 59.9 cm³/mol. The smallest absolute Gasteiger partial charge is 0.169 e. The molecule has 1 aromatic rings. The third-order valence-corrected chi connectivity index (χ3v) is 2.36. The van der Waals surface area contributed by atoms with E-state index < -0.39 is 11.4 Å². The maximum Gasteiger partial charge on any atom is 0.169 e. The van der Waals surface area contributed by atoms with Crippen LogP contribution in [0.25, 0.3) is 0 Å². The highest BCUT2D eigenvalue weighted by Crippen LogP contribution is 2.29. The molecule has 0 heterocycles. The molecule has 1 aromatic carbocycles. The van der Waals surface area contributed by atoms with Crippen LogP contribution in [0.4, 0.5) is 4.39 Å². The summed E-state index contributed by atoms with van der Waals surface area (Å²) in [6.45, 7) is 3.64. The van der Waals surface area contributed by atoms with Crippen LogP contribution in [0.5, 0.6) is 5.75 Å². The second-order valence-electron chi connectivity index (χ2n) is 4.21. The van der Waals surface area contributed by atoms with Gasteiger partial charge in [-0.15, -0.1) is 0 Å². The van der Waals surface area contributed by atoms with Crippen LogP contribution in [0, 0.1) is 5.82 Å². The molecular formula is C11H15ClFNO. The van der Waals surface area contributed by atoms with Gasteiger partial charge in [-0.1, -0.05) is 11.6 Å². The fourth-order valence-corrected chi connectivity index (χ4v) is 1.56. The van der Waals surface area contributed by atoms with Gasteiger partial charge in [0.25, 0.3) is 0 Å². The first-order valence-corrected chi connectivity index (χ1v) is 5.02. The molecule has 0 fully saturated rings. The molecule has 84 valence electrons. The molecule has 0 aliphatic rings. The third-order valence-electron chi connectivity index (χ3n) is 2.00. The van der Waals surface area contributed by atoms with Crippen LogP contribution in [0.1, 0.15) is 19.4 Å². The number of ether oxygens (including phenoxy) is 1. The quantitative estimate of drug-likeness (QED) is 0.868. The average molecular weight is 232 g/mol. The number of halogens is 2. The van der Waals surface area contributed by atoms with Crippen molar-refractivity contribution in [1.29, 1.82) is 0 Å². The molecule has 2 N–H and O–H groups in total. The summed E-state index contributed by atoms with van der Waals surface area (Å²) in [6, 6.07) is 3.12. The number of hydrogen-bond acceptors (Lipinski definition) is 2. The molecule has 0 unspecified atom stereocenters. The van der Waals surface area contributed by atoms with Crippen molar-refractivity contribution in [2.24, 2.45) is 5.73 Å². The molecule has 0 aliphatic carbocycles. The van der Waals surface area contributed by atoms with Crippen molar-refractivity contribution in [3.8, 4) is 5.75 Å². The van der Waals surface area contributed by atoms with Crippen LogP contribution in [0.15, 0.2) is 12.1 Å². The normalized spacial score (nSPS) is 11.6.